The van der Waals surface area contributed by atoms with Gasteiger partial charge < -0.3 is 10.2 Å². The van der Waals surface area contributed by atoms with E-state index in [1.165, 1.54) is 17.4 Å². The SMILES string of the molecule is CNC1CCC(N(Cc2cccc(-c3ccc(C)nc3)c2)C(=O)c2sc3cccc(F)c3c2Cl)CC1. The van der Waals surface area contributed by atoms with Gasteiger partial charge in [-0.1, -0.05) is 41.9 Å². The number of fused-ring (bicyclic) bond motifs is 1. The second kappa shape index (κ2) is 10.7. The van der Waals surface area contributed by atoms with E-state index in [2.05, 4.69) is 34.6 Å². The van der Waals surface area contributed by atoms with E-state index < -0.39 is 5.82 Å². The van der Waals surface area contributed by atoms with Gasteiger partial charge in [0.2, 0.25) is 0 Å². The highest BCUT2D eigenvalue weighted by atomic mass is 35.5. The molecular weight excluding hydrogens is 493 g/mol. The first-order chi connectivity index (χ1) is 17.4. The van der Waals surface area contributed by atoms with E-state index >= 15 is 0 Å². The van der Waals surface area contributed by atoms with Crippen LogP contribution in [-0.4, -0.2) is 34.9 Å². The lowest BCUT2D eigenvalue weighted by molar-refractivity contribution is 0.0606. The van der Waals surface area contributed by atoms with Crippen LogP contribution in [0.15, 0.2) is 60.8 Å². The Kier molecular flexibility index (Phi) is 7.37. The molecule has 7 heteroatoms. The molecule has 0 spiro atoms. The van der Waals surface area contributed by atoms with E-state index in [4.69, 9.17) is 11.6 Å². The van der Waals surface area contributed by atoms with Gasteiger partial charge in [0.25, 0.3) is 5.91 Å². The molecule has 1 aliphatic carbocycles. The van der Waals surface area contributed by atoms with Crippen LogP contribution in [-0.2, 0) is 6.54 Å². The number of aromatic nitrogens is 1. The summed E-state index contributed by atoms with van der Waals surface area (Å²) < 4.78 is 15.2. The summed E-state index contributed by atoms with van der Waals surface area (Å²) >= 11 is 7.88. The fourth-order valence-corrected chi connectivity index (χ4v) is 6.58. The Hall–Kier alpha value is -2.80. The molecule has 4 aromatic rings. The van der Waals surface area contributed by atoms with Gasteiger partial charge in [-0.15, -0.1) is 11.3 Å². The molecule has 1 aliphatic rings. The summed E-state index contributed by atoms with van der Waals surface area (Å²) in [6, 6.07) is 17.7. The lowest BCUT2D eigenvalue weighted by Crippen LogP contribution is -2.44. The van der Waals surface area contributed by atoms with Crippen LogP contribution in [0.25, 0.3) is 21.2 Å². The molecule has 4 nitrogen and oxygen atoms in total. The van der Waals surface area contributed by atoms with Crippen molar-refractivity contribution in [2.24, 2.45) is 0 Å². The lowest BCUT2D eigenvalue weighted by Gasteiger charge is -2.37. The van der Waals surface area contributed by atoms with Crippen LogP contribution in [0.1, 0.15) is 46.6 Å². The highest BCUT2D eigenvalue weighted by molar-refractivity contribution is 7.21. The van der Waals surface area contributed by atoms with E-state index in [1.54, 1.807) is 6.07 Å². The lowest BCUT2D eigenvalue weighted by atomic mass is 9.89. The summed E-state index contributed by atoms with van der Waals surface area (Å²) in [5.41, 5.74) is 4.12. The number of hydrogen-bond acceptors (Lipinski definition) is 4. The first-order valence-electron chi connectivity index (χ1n) is 12.3. The van der Waals surface area contributed by atoms with Crippen molar-refractivity contribution in [3.05, 3.63) is 87.8 Å². The van der Waals surface area contributed by atoms with Crippen molar-refractivity contribution >= 4 is 38.9 Å². The number of carbonyl (C=O) groups is 1. The third kappa shape index (κ3) is 5.03. The fourth-order valence-electron chi connectivity index (χ4n) is 5.07. The number of carbonyl (C=O) groups excluding carboxylic acids is 1. The zero-order valence-corrected chi connectivity index (χ0v) is 22.0. The number of nitrogens with zero attached hydrogens (tertiary/aromatic N) is 2. The molecule has 186 valence electrons. The normalized spacial score (nSPS) is 17.9. The van der Waals surface area contributed by atoms with Crippen LogP contribution in [0.4, 0.5) is 4.39 Å². The second-order valence-electron chi connectivity index (χ2n) is 9.47. The standard InChI is InChI=1S/C29H29ClFN3OS/c1-18-9-10-21(16-33-18)20-6-3-5-19(15-20)17-34(23-13-11-22(32-2)12-14-23)29(35)28-27(30)26-24(31)7-4-8-25(26)36-28/h3-10,15-16,22-23,32H,11-14,17H2,1-2H3. The predicted octanol–water partition coefficient (Wildman–Crippen LogP) is 7.24. The molecule has 2 heterocycles. The largest absolute Gasteiger partial charge is 0.331 e. The summed E-state index contributed by atoms with van der Waals surface area (Å²) in [7, 11) is 1.99. The topological polar surface area (TPSA) is 45.2 Å². The maximum Gasteiger partial charge on any atom is 0.266 e. The average molecular weight is 522 g/mol. The molecule has 1 N–H and O–H groups in total. The molecule has 0 aliphatic heterocycles. The molecule has 0 atom stereocenters. The summed E-state index contributed by atoms with van der Waals surface area (Å²) in [4.78, 5) is 20.8. The maximum atomic E-state index is 14.5. The van der Waals surface area contributed by atoms with Crippen molar-refractivity contribution in [2.45, 2.75) is 51.2 Å². The minimum Gasteiger partial charge on any atom is -0.331 e. The van der Waals surface area contributed by atoms with Crippen LogP contribution in [0, 0.1) is 12.7 Å². The molecule has 2 aromatic carbocycles. The smallest absolute Gasteiger partial charge is 0.266 e. The Morgan fingerprint density at radius 2 is 1.89 bits per heavy atom. The molecule has 1 saturated carbocycles. The summed E-state index contributed by atoms with van der Waals surface area (Å²) in [6.45, 7) is 2.44. The number of nitrogens with one attached hydrogen (secondary N) is 1. The third-order valence-corrected chi connectivity index (χ3v) is 8.76. The maximum absolute atomic E-state index is 14.5. The number of halogens is 2. The van der Waals surface area contributed by atoms with E-state index in [-0.39, 0.29) is 17.0 Å². The van der Waals surface area contributed by atoms with Crippen molar-refractivity contribution in [3.63, 3.8) is 0 Å². The molecule has 2 aromatic heterocycles. The summed E-state index contributed by atoms with van der Waals surface area (Å²) in [6.07, 6.45) is 5.72. The number of hydrogen-bond donors (Lipinski definition) is 1. The number of pyridine rings is 1. The minimum atomic E-state index is -0.395. The molecule has 1 fully saturated rings. The molecule has 0 radical (unpaired) electrons. The molecule has 0 bridgehead atoms. The second-order valence-corrected chi connectivity index (χ2v) is 10.9. The molecule has 1 amide bonds. The molecule has 0 saturated heterocycles. The quantitative estimate of drug-likeness (QED) is 0.291. The Labute approximate surface area is 220 Å². The highest BCUT2D eigenvalue weighted by Crippen LogP contribution is 2.39. The highest BCUT2D eigenvalue weighted by Gasteiger charge is 2.32. The fraction of sp³-hybridized carbons (Fsp3) is 0.310. The zero-order valence-electron chi connectivity index (χ0n) is 20.4. The molecule has 0 unspecified atom stereocenters. The van der Waals surface area contributed by atoms with E-state index in [0.717, 1.165) is 48.1 Å². The van der Waals surface area contributed by atoms with E-state index in [1.807, 2.05) is 43.3 Å². The van der Waals surface area contributed by atoms with Crippen molar-refractivity contribution in [2.75, 3.05) is 7.05 Å². The number of rotatable bonds is 6. The van der Waals surface area contributed by atoms with Crippen LogP contribution in [0.3, 0.4) is 0 Å². The van der Waals surface area contributed by atoms with Gasteiger partial charge >= 0.3 is 0 Å². The number of benzene rings is 2. The first-order valence-corrected chi connectivity index (χ1v) is 13.5. The monoisotopic (exact) mass is 521 g/mol. The van der Waals surface area contributed by atoms with Crippen molar-refractivity contribution in [1.29, 1.82) is 0 Å². The van der Waals surface area contributed by atoms with Crippen LogP contribution in [0.5, 0.6) is 0 Å². The van der Waals surface area contributed by atoms with Crippen molar-refractivity contribution in [3.8, 4) is 11.1 Å². The van der Waals surface area contributed by atoms with Gasteiger partial charge in [-0.2, -0.15) is 0 Å². The van der Waals surface area contributed by atoms with E-state index in [0.29, 0.717) is 27.5 Å². The number of amides is 1. The average Bonchev–Trinajstić information content (AvgIpc) is 3.25. The number of aryl methyl sites for hydroxylation is 1. The molecular formula is C29H29ClFN3OS. The number of thiophene rings is 1. The Morgan fingerprint density at radius 3 is 2.58 bits per heavy atom. The summed E-state index contributed by atoms with van der Waals surface area (Å²) in [5, 5.41) is 3.91. The third-order valence-electron chi connectivity index (χ3n) is 7.13. The van der Waals surface area contributed by atoms with Gasteiger partial charge in [-0.25, -0.2) is 4.39 Å². The van der Waals surface area contributed by atoms with Gasteiger partial charge in [-0.05, 0) is 75.0 Å². The first kappa shape index (κ1) is 24.9. The van der Waals surface area contributed by atoms with Crippen LogP contribution >= 0.6 is 22.9 Å². The zero-order chi connectivity index (χ0) is 25.2. The Morgan fingerprint density at radius 1 is 1.11 bits per heavy atom. The van der Waals surface area contributed by atoms with Gasteiger partial charge in [0.1, 0.15) is 10.7 Å². The summed E-state index contributed by atoms with van der Waals surface area (Å²) in [5.74, 6) is -0.524. The Bertz CT molecular complexity index is 1380. The van der Waals surface area contributed by atoms with Gasteiger partial charge in [0, 0.05) is 46.2 Å². The predicted molar refractivity (Wildman–Crippen MR) is 146 cm³/mol. The van der Waals surface area contributed by atoms with Crippen molar-refractivity contribution in [1.82, 2.24) is 15.2 Å². The van der Waals surface area contributed by atoms with Crippen molar-refractivity contribution < 1.29 is 9.18 Å². The molecule has 36 heavy (non-hydrogen) atoms. The minimum absolute atomic E-state index is 0.0953. The van der Waals surface area contributed by atoms with Gasteiger partial charge in [0.05, 0.1) is 5.02 Å². The van der Waals surface area contributed by atoms with Crippen LogP contribution in [0.2, 0.25) is 5.02 Å². The molecule has 5 rings (SSSR count). The van der Waals surface area contributed by atoms with Gasteiger partial charge in [0.15, 0.2) is 0 Å². The van der Waals surface area contributed by atoms with Gasteiger partial charge in [-0.3, -0.25) is 9.78 Å². The Balaban J connectivity index is 1.49. The van der Waals surface area contributed by atoms with Crippen LogP contribution < -0.4 is 5.32 Å². The van der Waals surface area contributed by atoms with E-state index in [9.17, 15) is 9.18 Å².